The summed E-state index contributed by atoms with van der Waals surface area (Å²) in [4.78, 5) is 31.1. The summed E-state index contributed by atoms with van der Waals surface area (Å²) in [6.07, 6.45) is 9.24. The monoisotopic (exact) mass is 571 g/mol. The number of nitrogen functional groups attached to an aromatic ring is 1. The van der Waals surface area contributed by atoms with Crippen molar-refractivity contribution in [3.05, 3.63) is 48.8 Å². The van der Waals surface area contributed by atoms with Crippen molar-refractivity contribution in [1.82, 2.24) is 25.0 Å². The van der Waals surface area contributed by atoms with E-state index in [1.54, 1.807) is 36.7 Å². The van der Waals surface area contributed by atoms with Crippen LogP contribution < -0.4 is 21.1 Å². The molecule has 1 fully saturated rings. The highest BCUT2D eigenvalue weighted by Gasteiger charge is 2.37. The Morgan fingerprint density at radius 1 is 1.23 bits per heavy atom. The Bertz CT molecular complexity index is 1400. The second kappa shape index (κ2) is 12.3. The van der Waals surface area contributed by atoms with E-state index in [0.717, 1.165) is 19.3 Å². The van der Waals surface area contributed by atoms with Crippen LogP contribution in [0.2, 0.25) is 0 Å². The molecule has 4 N–H and O–H groups in total. The molecule has 1 aromatic carbocycles. The van der Waals surface area contributed by atoms with E-state index in [0.29, 0.717) is 36.1 Å². The molecule has 0 radical (unpaired) electrons. The Morgan fingerprint density at radius 2 is 2.02 bits per heavy atom. The zero-order valence-corrected chi connectivity index (χ0v) is 23.3. The molecule has 3 unspecified atom stereocenters. The van der Waals surface area contributed by atoms with Gasteiger partial charge in [-0.15, -0.1) is 0 Å². The number of phosphoric acid groups is 1. The number of fused-ring (bicyclic) bond motifs is 1. The molecular weight excluding hydrogens is 537 g/mol. The maximum atomic E-state index is 13.6. The van der Waals surface area contributed by atoms with Crippen molar-refractivity contribution >= 4 is 36.7 Å². The number of hydroxylamine groups is 1. The smallest absolute Gasteiger partial charge is 0.395 e. The largest absolute Gasteiger partial charge is 0.589 e. The number of carbonyl (C=O) groups excluding carboxylic acids is 1. The maximum Gasteiger partial charge on any atom is 0.589 e. The van der Waals surface area contributed by atoms with E-state index < -0.39 is 19.8 Å². The molecule has 2 aliphatic carbocycles. The number of carbonyl (C=O) groups is 1. The number of nitrogens with two attached hydrogens (primary N) is 1. The lowest BCUT2D eigenvalue weighted by Gasteiger charge is -2.21. The lowest BCUT2D eigenvalue weighted by atomic mass is 10.1. The van der Waals surface area contributed by atoms with E-state index in [-0.39, 0.29) is 30.3 Å². The molecule has 0 saturated heterocycles. The molecule has 0 bridgehead atoms. The number of anilines is 2. The van der Waals surface area contributed by atoms with Crippen LogP contribution in [0.15, 0.2) is 48.8 Å². The quantitative estimate of drug-likeness (QED) is 0.110. The standard InChI is InChI=1S/C26H34N7O6P/c1-3-13-36-32-17(2)25(34)39-40(35,38-21-7-5-4-6-8-21)37-15-18-9-12-20(14-18)33-16-28-22-23(29-19-10-11-19)30-26(27)31-24(22)33/h4-9,12,16-20,32H,3,10-11,13-15H2,1-2H3,(H3,27,29,30,31)/t17-,18?,20?,40?/m0/s1. The lowest BCUT2D eigenvalue weighted by molar-refractivity contribution is -0.142. The summed E-state index contributed by atoms with van der Waals surface area (Å²) in [5, 5.41) is 3.36. The molecule has 0 spiro atoms. The van der Waals surface area contributed by atoms with Gasteiger partial charge in [0.25, 0.3) is 0 Å². The van der Waals surface area contributed by atoms with Crippen molar-refractivity contribution in [2.75, 3.05) is 24.3 Å². The van der Waals surface area contributed by atoms with Gasteiger partial charge in [0, 0.05) is 12.0 Å². The van der Waals surface area contributed by atoms with Gasteiger partial charge in [0.1, 0.15) is 11.8 Å². The van der Waals surface area contributed by atoms with Gasteiger partial charge in [0.15, 0.2) is 17.0 Å². The highest BCUT2D eigenvalue weighted by molar-refractivity contribution is 7.49. The summed E-state index contributed by atoms with van der Waals surface area (Å²) in [5.74, 6) is 0.0896. The van der Waals surface area contributed by atoms with Crippen LogP contribution in [0.25, 0.3) is 11.2 Å². The molecule has 0 amide bonds. The number of phosphoric ester groups is 1. The molecule has 1 saturated carbocycles. The first-order valence-electron chi connectivity index (χ1n) is 13.4. The number of nitrogens with zero attached hydrogens (tertiary/aromatic N) is 4. The van der Waals surface area contributed by atoms with E-state index in [1.807, 2.05) is 23.6 Å². The lowest BCUT2D eigenvalue weighted by Crippen LogP contribution is -2.35. The number of rotatable bonds is 14. The Morgan fingerprint density at radius 3 is 2.77 bits per heavy atom. The Hall–Kier alpha value is -3.51. The van der Waals surface area contributed by atoms with Gasteiger partial charge in [-0.25, -0.2) is 14.3 Å². The normalized spacial score (nSPS) is 20.8. The van der Waals surface area contributed by atoms with Crippen molar-refractivity contribution in [2.45, 2.75) is 57.7 Å². The van der Waals surface area contributed by atoms with E-state index in [9.17, 15) is 9.36 Å². The Balaban J connectivity index is 1.25. The maximum absolute atomic E-state index is 13.6. The number of allylic oxidation sites excluding steroid dienone is 1. The van der Waals surface area contributed by atoms with Crippen LogP contribution in [0, 0.1) is 5.92 Å². The van der Waals surface area contributed by atoms with Crippen LogP contribution in [0.5, 0.6) is 5.75 Å². The fourth-order valence-corrected chi connectivity index (χ4v) is 5.45. The molecule has 2 aromatic heterocycles. The van der Waals surface area contributed by atoms with Gasteiger partial charge in [0.2, 0.25) is 5.95 Å². The number of hydrogen-bond donors (Lipinski definition) is 3. The van der Waals surface area contributed by atoms with E-state index in [2.05, 4.69) is 25.7 Å². The summed E-state index contributed by atoms with van der Waals surface area (Å²) in [7, 11) is -4.33. The predicted octanol–water partition coefficient (Wildman–Crippen LogP) is 4.17. The van der Waals surface area contributed by atoms with Crippen molar-refractivity contribution in [2.24, 2.45) is 5.92 Å². The SMILES string of the molecule is CCCON[C@@H](C)C(=O)OP(=O)(OCC1C=CC(n2cnc3c(NC4CC4)nc(N)nc32)C1)Oc1ccccc1. The minimum Gasteiger partial charge on any atom is -0.395 e. The highest BCUT2D eigenvalue weighted by Crippen LogP contribution is 2.51. The number of hydrogen-bond acceptors (Lipinski definition) is 12. The van der Waals surface area contributed by atoms with Gasteiger partial charge in [-0.2, -0.15) is 15.4 Å². The summed E-state index contributed by atoms with van der Waals surface area (Å²) >= 11 is 0. The third-order valence-electron chi connectivity index (χ3n) is 6.39. The third-order valence-corrected chi connectivity index (χ3v) is 7.70. The van der Waals surface area contributed by atoms with Gasteiger partial charge in [-0.1, -0.05) is 37.3 Å². The topological polar surface area (TPSA) is 165 Å². The van der Waals surface area contributed by atoms with E-state index >= 15 is 0 Å². The van der Waals surface area contributed by atoms with Crippen molar-refractivity contribution in [1.29, 1.82) is 0 Å². The van der Waals surface area contributed by atoms with Crippen molar-refractivity contribution in [3.63, 3.8) is 0 Å². The van der Waals surface area contributed by atoms with Gasteiger partial charge >= 0.3 is 13.8 Å². The molecular formula is C26H34N7O6P. The summed E-state index contributed by atoms with van der Waals surface area (Å²) < 4.78 is 32.1. The average molecular weight is 572 g/mol. The van der Waals surface area contributed by atoms with E-state index in [1.165, 1.54) is 6.92 Å². The van der Waals surface area contributed by atoms with Crippen LogP contribution in [-0.4, -0.2) is 50.8 Å². The van der Waals surface area contributed by atoms with Crippen LogP contribution in [0.1, 0.15) is 45.6 Å². The van der Waals surface area contributed by atoms with Crippen LogP contribution in [0.3, 0.4) is 0 Å². The minimum atomic E-state index is -4.33. The van der Waals surface area contributed by atoms with E-state index in [4.69, 9.17) is 24.1 Å². The van der Waals surface area contributed by atoms with Gasteiger partial charge in [-0.05, 0) is 44.7 Å². The zero-order valence-electron chi connectivity index (χ0n) is 22.4. The molecule has 40 heavy (non-hydrogen) atoms. The average Bonchev–Trinajstić information content (AvgIpc) is 3.45. The summed E-state index contributed by atoms with van der Waals surface area (Å²) in [6, 6.07) is 7.84. The van der Waals surface area contributed by atoms with Crippen molar-refractivity contribution < 1.29 is 27.8 Å². The fourth-order valence-electron chi connectivity index (χ4n) is 4.17. The molecule has 13 nitrogen and oxygen atoms in total. The second-order valence-corrected chi connectivity index (χ2v) is 11.4. The Kier molecular flexibility index (Phi) is 8.65. The summed E-state index contributed by atoms with van der Waals surface area (Å²) in [5.41, 5.74) is 9.85. The fraction of sp³-hybridized carbons (Fsp3) is 0.462. The highest BCUT2D eigenvalue weighted by atomic mass is 31.2. The van der Waals surface area contributed by atoms with Crippen LogP contribution in [-0.2, 0) is 23.2 Å². The number of para-hydroxylation sites is 1. The first-order chi connectivity index (χ1) is 19.3. The van der Waals surface area contributed by atoms with Gasteiger partial charge in [-0.3, -0.25) is 4.52 Å². The molecule has 214 valence electrons. The molecule has 4 atom stereocenters. The molecule has 3 aromatic rings. The summed E-state index contributed by atoms with van der Waals surface area (Å²) in [6.45, 7) is 3.87. The number of benzene rings is 1. The first kappa shape index (κ1) is 28.0. The molecule has 2 heterocycles. The first-order valence-corrected chi connectivity index (χ1v) is 14.8. The third kappa shape index (κ3) is 6.97. The second-order valence-electron chi connectivity index (χ2n) is 9.87. The zero-order chi connectivity index (χ0) is 28.1. The predicted molar refractivity (Wildman–Crippen MR) is 148 cm³/mol. The Labute approximate surface area is 232 Å². The minimum absolute atomic E-state index is 0.00320. The molecule has 0 aliphatic heterocycles. The van der Waals surface area contributed by atoms with Crippen LogP contribution >= 0.6 is 7.82 Å². The van der Waals surface area contributed by atoms with Crippen LogP contribution in [0.4, 0.5) is 11.8 Å². The van der Waals surface area contributed by atoms with Gasteiger partial charge in [0.05, 0.1) is 25.6 Å². The molecule has 14 heteroatoms. The molecule has 5 rings (SSSR count). The number of aromatic nitrogens is 4. The molecule has 2 aliphatic rings. The van der Waals surface area contributed by atoms with Crippen molar-refractivity contribution in [3.8, 4) is 5.75 Å². The van der Waals surface area contributed by atoms with Gasteiger partial charge < -0.3 is 29.5 Å². The number of imidazole rings is 1. The number of nitrogens with one attached hydrogen (secondary N) is 2.